The summed E-state index contributed by atoms with van der Waals surface area (Å²) >= 11 is 0. The molecule has 4 rings (SSSR count). The van der Waals surface area contributed by atoms with Crippen molar-refractivity contribution in [2.75, 3.05) is 0 Å². The molecule has 0 radical (unpaired) electrons. The maximum atomic E-state index is 4.57. The molecule has 2 aromatic heterocycles. The van der Waals surface area contributed by atoms with Gasteiger partial charge in [0.25, 0.3) is 0 Å². The highest BCUT2D eigenvalue weighted by atomic mass is 15.1. The lowest BCUT2D eigenvalue weighted by atomic mass is 10.1. The zero-order valence-electron chi connectivity index (χ0n) is 13.7. The predicted octanol–water partition coefficient (Wildman–Crippen LogP) is 3.15. The third-order valence-corrected chi connectivity index (χ3v) is 4.60. The summed E-state index contributed by atoms with van der Waals surface area (Å²) in [5, 5.41) is 4.91. The molecule has 1 N–H and O–H groups in total. The second kappa shape index (κ2) is 5.78. The van der Waals surface area contributed by atoms with Crippen molar-refractivity contribution in [3.63, 3.8) is 0 Å². The number of benzene rings is 1. The highest BCUT2D eigenvalue weighted by molar-refractivity contribution is 5.79. The van der Waals surface area contributed by atoms with Crippen LogP contribution in [0.4, 0.5) is 0 Å². The third-order valence-electron chi connectivity index (χ3n) is 4.60. The van der Waals surface area contributed by atoms with Crippen molar-refractivity contribution in [1.82, 2.24) is 19.9 Å². The fraction of sp³-hybridized carbons (Fsp3) is 0.368. The Morgan fingerprint density at radius 3 is 2.96 bits per heavy atom. The van der Waals surface area contributed by atoms with Gasteiger partial charge < -0.3 is 9.88 Å². The number of aryl methyl sites for hydroxylation is 3. The molecule has 118 valence electrons. The molecule has 0 amide bonds. The number of imidazole rings is 1. The zero-order chi connectivity index (χ0) is 15.8. The van der Waals surface area contributed by atoms with Crippen LogP contribution in [-0.2, 0) is 19.5 Å². The maximum Gasteiger partial charge on any atom is 0.109 e. The highest BCUT2D eigenvalue weighted by Gasteiger charge is 2.19. The van der Waals surface area contributed by atoms with Crippen LogP contribution >= 0.6 is 0 Å². The number of nitrogens with zero attached hydrogens (tertiary/aromatic N) is 3. The summed E-state index contributed by atoms with van der Waals surface area (Å²) in [7, 11) is 0. The van der Waals surface area contributed by atoms with E-state index in [1.54, 1.807) is 0 Å². The minimum Gasteiger partial charge on any atom is -0.333 e. The molecule has 3 aromatic rings. The number of nitrogens with one attached hydrogen (secondary N) is 1. The fourth-order valence-corrected chi connectivity index (χ4v) is 3.40. The van der Waals surface area contributed by atoms with Crippen molar-refractivity contribution in [2.24, 2.45) is 0 Å². The van der Waals surface area contributed by atoms with Gasteiger partial charge in [-0.05, 0) is 44.0 Å². The highest BCUT2D eigenvalue weighted by Crippen LogP contribution is 2.17. The van der Waals surface area contributed by atoms with Crippen LogP contribution in [0, 0.1) is 13.8 Å². The summed E-state index contributed by atoms with van der Waals surface area (Å²) in [6.45, 7) is 6.02. The molecule has 1 aromatic carbocycles. The van der Waals surface area contributed by atoms with Crippen molar-refractivity contribution in [1.29, 1.82) is 0 Å². The normalized spacial score (nSPS) is 17.4. The van der Waals surface area contributed by atoms with Crippen molar-refractivity contribution in [3.8, 4) is 0 Å². The molecule has 0 saturated heterocycles. The van der Waals surface area contributed by atoms with Gasteiger partial charge in [-0.15, -0.1) is 0 Å². The first-order valence-electron chi connectivity index (χ1n) is 8.30. The third kappa shape index (κ3) is 2.99. The lowest BCUT2D eigenvalue weighted by Gasteiger charge is -2.25. The second-order valence-corrected chi connectivity index (χ2v) is 6.55. The summed E-state index contributed by atoms with van der Waals surface area (Å²) in [4.78, 5) is 9.14. The topological polar surface area (TPSA) is 42.7 Å². The maximum absolute atomic E-state index is 4.57. The molecule has 0 unspecified atom stereocenters. The van der Waals surface area contributed by atoms with Crippen LogP contribution in [-0.4, -0.2) is 20.6 Å². The molecule has 1 aliphatic rings. The van der Waals surface area contributed by atoms with E-state index in [4.69, 9.17) is 0 Å². The molecule has 4 nitrogen and oxygen atoms in total. The Kier molecular flexibility index (Phi) is 3.62. The van der Waals surface area contributed by atoms with Crippen LogP contribution in [0.2, 0.25) is 0 Å². The molecule has 4 heteroatoms. The largest absolute Gasteiger partial charge is 0.333 e. The summed E-state index contributed by atoms with van der Waals surface area (Å²) < 4.78 is 2.30. The van der Waals surface area contributed by atoms with E-state index in [1.807, 2.05) is 6.92 Å². The van der Waals surface area contributed by atoms with E-state index >= 15 is 0 Å². The Hall–Kier alpha value is -2.20. The Morgan fingerprint density at radius 1 is 1.13 bits per heavy atom. The van der Waals surface area contributed by atoms with E-state index in [2.05, 4.69) is 63.3 Å². The smallest absolute Gasteiger partial charge is 0.109 e. The Bertz CT molecular complexity index is 850. The molecule has 3 heterocycles. The lowest BCUT2D eigenvalue weighted by molar-refractivity contribution is 0.379. The number of pyridine rings is 1. The van der Waals surface area contributed by atoms with Crippen molar-refractivity contribution in [3.05, 3.63) is 59.3 Å². The summed E-state index contributed by atoms with van der Waals surface area (Å²) in [5.74, 6) is 1.23. The molecule has 0 saturated carbocycles. The number of hydrogen-bond acceptors (Lipinski definition) is 3. The average molecular weight is 306 g/mol. The van der Waals surface area contributed by atoms with E-state index in [0.717, 1.165) is 42.8 Å². The first-order valence-corrected chi connectivity index (χ1v) is 8.30. The molecular weight excluding hydrogens is 284 g/mol. The summed E-state index contributed by atoms with van der Waals surface area (Å²) in [6, 6.07) is 11.3. The standard InChI is InChI=1S/C19H22N4/c1-13-3-5-16-9-15(4-7-18(16)21-13)10-20-17-6-8-19-22-14(2)11-23(19)12-17/h3-5,7,9,11,17,20H,6,8,10,12H2,1-2H3/t17-/m1/s1. The molecule has 23 heavy (non-hydrogen) atoms. The quantitative estimate of drug-likeness (QED) is 0.808. The van der Waals surface area contributed by atoms with Gasteiger partial charge in [-0.25, -0.2) is 4.98 Å². The van der Waals surface area contributed by atoms with Crippen LogP contribution in [0.5, 0.6) is 0 Å². The Labute approximate surface area is 136 Å². The zero-order valence-corrected chi connectivity index (χ0v) is 13.7. The van der Waals surface area contributed by atoms with Gasteiger partial charge >= 0.3 is 0 Å². The molecule has 0 aliphatic carbocycles. The molecule has 0 bridgehead atoms. The van der Waals surface area contributed by atoms with Crippen LogP contribution in [0.25, 0.3) is 10.9 Å². The van der Waals surface area contributed by atoms with Crippen LogP contribution in [0.3, 0.4) is 0 Å². The number of aromatic nitrogens is 3. The number of fused-ring (bicyclic) bond motifs is 2. The van der Waals surface area contributed by atoms with Gasteiger partial charge in [0.1, 0.15) is 5.82 Å². The van der Waals surface area contributed by atoms with Crippen LogP contribution in [0.15, 0.2) is 36.5 Å². The number of rotatable bonds is 3. The van der Waals surface area contributed by atoms with Crippen LogP contribution < -0.4 is 5.32 Å². The Morgan fingerprint density at radius 2 is 2.04 bits per heavy atom. The molecule has 0 fully saturated rings. The average Bonchev–Trinajstić information content (AvgIpc) is 2.92. The van der Waals surface area contributed by atoms with E-state index in [9.17, 15) is 0 Å². The van der Waals surface area contributed by atoms with Gasteiger partial charge in [0, 0.05) is 42.8 Å². The van der Waals surface area contributed by atoms with Crippen molar-refractivity contribution >= 4 is 10.9 Å². The molecule has 0 spiro atoms. The van der Waals surface area contributed by atoms with Crippen LogP contribution in [0.1, 0.15) is 29.2 Å². The minimum atomic E-state index is 0.517. The summed E-state index contributed by atoms with van der Waals surface area (Å²) in [5.41, 5.74) is 4.58. The van der Waals surface area contributed by atoms with Gasteiger partial charge in [0.2, 0.25) is 0 Å². The van der Waals surface area contributed by atoms with Gasteiger partial charge in [-0.2, -0.15) is 0 Å². The van der Waals surface area contributed by atoms with E-state index in [0.29, 0.717) is 6.04 Å². The lowest BCUT2D eigenvalue weighted by Crippen LogP contribution is -2.36. The predicted molar refractivity (Wildman–Crippen MR) is 92.4 cm³/mol. The van der Waals surface area contributed by atoms with E-state index < -0.39 is 0 Å². The first-order chi connectivity index (χ1) is 11.2. The molecule has 1 aliphatic heterocycles. The van der Waals surface area contributed by atoms with Gasteiger partial charge in [-0.3, -0.25) is 4.98 Å². The monoisotopic (exact) mass is 306 g/mol. The Balaban J connectivity index is 1.44. The van der Waals surface area contributed by atoms with E-state index in [1.165, 1.54) is 16.8 Å². The second-order valence-electron chi connectivity index (χ2n) is 6.55. The first kappa shape index (κ1) is 14.4. The van der Waals surface area contributed by atoms with Crippen molar-refractivity contribution in [2.45, 2.75) is 45.8 Å². The minimum absolute atomic E-state index is 0.517. The van der Waals surface area contributed by atoms with Gasteiger partial charge in [0.15, 0.2) is 0 Å². The number of hydrogen-bond donors (Lipinski definition) is 1. The SMILES string of the molecule is Cc1cn2c(n1)CC[C@@H](NCc1ccc3nc(C)ccc3c1)C2. The van der Waals surface area contributed by atoms with E-state index in [-0.39, 0.29) is 0 Å². The fourth-order valence-electron chi connectivity index (χ4n) is 3.40. The van der Waals surface area contributed by atoms with Gasteiger partial charge in [-0.1, -0.05) is 12.1 Å². The molecular formula is C19H22N4. The van der Waals surface area contributed by atoms with Gasteiger partial charge in [0.05, 0.1) is 11.2 Å². The van der Waals surface area contributed by atoms with Crippen molar-refractivity contribution < 1.29 is 0 Å². The summed E-state index contributed by atoms with van der Waals surface area (Å²) in [6.07, 6.45) is 4.38. The molecule has 1 atom stereocenters.